The van der Waals surface area contributed by atoms with Crippen LogP contribution in [0.15, 0.2) is 30.5 Å². The lowest BCUT2D eigenvalue weighted by Gasteiger charge is -2.29. The molecular formula is C18H20ClN5O2S. The standard InChI is InChI=1S/C18H20ClN5O2S/c1-22-14(5-6-20-22)17(25)24(8-7-23-9-11-26-12-10-23)18-21-16-13(19)3-2-4-15(16)27-18/h2-6H,7-12H2,1H3. The molecule has 1 saturated heterocycles. The van der Waals surface area contributed by atoms with Gasteiger partial charge in [0, 0.05) is 39.4 Å². The van der Waals surface area contributed by atoms with Crippen molar-refractivity contribution >= 4 is 44.2 Å². The average molecular weight is 406 g/mol. The molecule has 4 rings (SSSR count). The van der Waals surface area contributed by atoms with Gasteiger partial charge in [0.05, 0.1) is 22.9 Å². The number of anilines is 1. The molecule has 7 nitrogen and oxygen atoms in total. The minimum Gasteiger partial charge on any atom is -0.379 e. The molecule has 9 heteroatoms. The molecule has 0 aliphatic carbocycles. The summed E-state index contributed by atoms with van der Waals surface area (Å²) >= 11 is 7.76. The molecule has 0 bridgehead atoms. The van der Waals surface area contributed by atoms with Crippen LogP contribution in [0.4, 0.5) is 5.13 Å². The van der Waals surface area contributed by atoms with Crippen molar-refractivity contribution in [3.63, 3.8) is 0 Å². The first-order valence-electron chi connectivity index (χ1n) is 8.78. The fourth-order valence-corrected chi connectivity index (χ4v) is 4.38. The molecule has 0 radical (unpaired) electrons. The smallest absolute Gasteiger partial charge is 0.278 e. The van der Waals surface area contributed by atoms with Crippen molar-refractivity contribution in [2.24, 2.45) is 7.05 Å². The Balaban J connectivity index is 1.64. The highest BCUT2D eigenvalue weighted by Crippen LogP contribution is 2.33. The summed E-state index contributed by atoms with van der Waals surface area (Å²) in [6.07, 6.45) is 1.63. The van der Waals surface area contributed by atoms with E-state index < -0.39 is 0 Å². The number of hydrogen-bond acceptors (Lipinski definition) is 6. The summed E-state index contributed by atoms with van der Waals surface area (Å²) in [5.74, 6) is -0.113. The fraction of sp³-hybridized carbons (Fsp3) is 0.389. The van der Waals surface area contributed by atoms with E-state index in [4.69, 9.17) is 16.3 Å². The highest BCUT2D eigenvalue weighted by Gasteiger charge is 2.25. The van der Waals surface area contributed by atoms with Gasteiger partial charge in [-0.1, -0.05) is 29.0 Å². The van der Waals surface area contributed by atoms with Crippen molar-refractivity contribution < 1.29 is 9.53 Å². The number of aryl methyl sites for hydroxylation is 1. The molecule has 0 saturated carbocycles. The van der Waals surface area contributed by atoms with Crippen LogP contribution in [0, 0.1) is 0 Å². The minimum absolute atomic E-state index is 0.113. The monoisotopic (exact) mass is 405 g/mol. The van der Waals surface area contributed by atoms with Crippen molar-refractivity contribution in [1.82, 2.24) is 19.7 Å². The Morgan fingerprint density at radius 1 is 1.33 bits per heavy atom. The second-order valence-electron chi connectivity index (χ2n) is 6.33. The molecular weight excluding hydrogens is 386 g/mol. The van der Waals surface area contributed by atoms with Crippen molar-refractivity contribution in [3.8, 4) is 0 Å². The number of ether oxygens (including phenoxy) is 1. The second kappa shape index (κ2) is 7.93. The number of hydrogen-bond donors (Lipinski definition) is 0. The van der Waals surface area contributed by atoms with Gasteiger partial charge in [-0.2, -0.15) is 5.10 Å². The van der Waals surface area contributed by atoms with Crippen molar-refractivity contribution in [2.45, 2.75) is 0 Å². The maximum atomic E-state index is 13.2. The minimum atomic E-state index is -0.113. The molecule has 27 heavy (non-hydrogen) atoms. The first-order valence-corrected chi connectivity index (χ1v) is 9.98. The van der Waals surface area contributed by atoms with Crippen LogP contribution in [-0.2, 0) is 11.8 Å². The Bertz CT molecular complexity index is 950. The van der Waals surface area contributed by atoms with Gasteiger partial charge < -0.3 is 4.74 Å². The third-order valence-electron chi connectivity index (χ3n) is 4.62. The van der Waals surface area contributed by atoms with Crippen LogP contribution in [-0.4, -0.2) is 65.0 Å². The number of fused-ring (bicyclic) bond motifs is 1. The fourth-order valence-electron chi connectivity index (χ4n) is 3.09. The molecule has 0 unspecified atom stereocenters. The van der Waals surface area contributed by atoms with Gasteiger partial charge in [-0.25, -0.2) is 4.98 Å². The molecule has 1 aliphatic rings. The van der Waals surface area contributed by atoms with Crippen LogP contribution in [0.2, 0.25) is 5.02 Å². The molecule has 0 atom stereocenters. The normalized spacial score (nSPS) is 15.3. The van der Waals surface area contributed by atoms with Crippen LogP contribution >= 0.6 is 22.9 Å². The number of thiazole rings is 1. The number of nitrogens with zero attached hydrogens (tertiary/aromatic N) is 5. The maximum absolute atomic E-state index is 13.2. The third-order valence-corrected chi connectivity index (χ3v) is 5.97. The summed E-state index contributed by atoms with van der Waals surface area (Å²) in [7, 11) is 1.77. The van der Waals surface area contributed by atoms with Gasteiger partial charge in [-0.3, -0.25) is 19.3 Å². The van der Waals surface area contributed by atoms with Crippen LogP contribution < -0.4 is 4.90 Å². The summed E-state index contributed by atoms with van der Waals surface area (Å²) in [6.45, 7) is 4.51. The zero-order valence-electron chi connectivity index (χ0n) is 15.0. The number of amides is 1. The van der Waals surface area contributed by atoms with Crippen molar-refractivity contribution in [1.29, 1.82) is 0 Å². The van der Waals surface area contributed by atoms with Crippen LogP contribution in [0.25, 0.3) is 10.2 Å². The van der Waals surface area contributed by atoms with E-state index in [2.05, 4.69) is 15.0 Å². The molecule has 3 aromatic rings. The van der Waals surface area contributed by atoms with E-state index in [-0.39, 0.29) is 5.91 Å². The topological polar surface area (TPSA) is 63.5 Å². The first-order chi connectivity index (χ1) is 13.1. The third kappa shape index (κ3) is 3.84. The Morgan fingerprint density at radius 2 is 2.15 bits per heavy atom. The molecule has 1 fully saturated rings. The van der Waals surface area contributed by atoms with Gasteiger partial charge in [-0.15, -0.1) is 0 Å². The average Bonchev–Trinajstić information content (AvgIpc) is 3.29. The summed E-state index contributed by atoms with van der Waals surface area (Å²) in [5, 5.41) is 5.37. The van der Waals surface area contributed by atoms with Gasteiger partial charge in [0.2, 0.25) is 0 Å². The lowest BCUT2D eigenvalue weighted by Crippen LogP contribution is -2.43. The molecule has 1 amide bonds. The van der Waals surface area contributed by atoms with Crippen LogP contribution in [0.1, 0.15) is 10.5 Å². The molecule has 0 N–H and O–H groups in total. The summed E-state index contributed by atoms with van der Waals surface area (Å²) in [6, 6.07) is 7.41. The highest BCUT2D eigenvalue weighted by molar-refractivity contribution is 7.22. The maximum Gasteiger partial charge on any atom is 0.278 e. The summed E-state index contributed by atoms with van der Waals surface area (Å²) < 4.78 is 7.96. The van der Waals surface area contributed by atoms with Gasteiger partial charge in [-0.05, 0) is 18.2 Å². The molecule has 1 aromatic carbocycles. The molecule has 2 aromatic heterocycles. The van der Waals surface area contributed by atoms with E-state index in [1.165, 1.54) is 11.3 Å². The Morgan fingerprint density at radius 3 is 2.85 bits per heavy atom. The zero-order valence-corrected chi connectivity index (χ0v) is 16.5. The number of benzene rings is 1. The Kier molecular flexibility index (Phi) is 5.40. The predicted molar refractivity (Wildman–Crippen MR) is 107 cm³/mol. The number of morpholine rings is 1. The molecule has 0 spiro atoms. The SMILES string of the molecule is Cn1nccc1C(=O)N(CCN1CCOCC1)c1nc2c(Cl)cccc2s1. The van der Waals surface area contributed by atoms with Crippen molar-refractivity contribution in [2.75, 3.05) is 44.3 Å². The summed E-state index contributed by atoms with van der Waals surface area (Å²) in [4.78, 5) is 21.9. The van der Waals surface area contributed by atoms with E-state index in [0.717, 1.165) is 43.1 Å². The lowest BCUT2D eigenvalue weighted by molar-refractivity contribution is 0.0391. The Labute approximate surface area is 166 Å². The number of rotatable bonds is 5. The van der Waals surface area contributed by atoms with E-state index in [1.54, 1.807) is 28.9 Å². The zero-order chi connectivity index (χ0) is 18.8. The number of para-hydroxylation sites is 1. The van der Waals surface area contributed by atoms with Crippen molar-refractivity contribution in [3.05, 3.63) is 41.2 Å². The van der Waals surface area contributed by atoms with Gasteiger partial charge in [0.15, 0.2) is 5.13 Å². The largest absolute Gasteiger partial charge is 0.379 e. The van der Waals surface area contributed by atoms with E-state index in [0.29, 0.717) is 22.4 Å². The Hall–Kier alpha value is -2.00. The molecule has 142 valence electrons. The molecule has 3 heterocycles. The number of halogens is 1. The quantitative estimate of drug-likeness (QED) is 0.653. The predicted octanol–water partition coefficient (Wildman–Crippen LogP) is 2.66. The van der Waals surface area contributed by atoms with E-state index in [1.807, 2.05) is 18.2 Å². The van der Waals surface area contributed by atoms with E-state index >= 15 is 0 Å². The van der Waals surface area contributed by atoms with Gasteiger partial charge >= 0.3 is 0 Å². The second-order valence-corrected chi connectivity index (χ2v) is 7.75. The number of carbonyl (C=O) groups is 1. The highest BCUT2D eigenvalue weighted by atomic mass is 35.5. The number of aromatic nitrogens is 3. The lowest BCUT2D eigenvalue weighted by atomic mass is 10.3. The number of carbonyl (C=O) groups excluding carboxylic acids is 1. The van der Waals surface area contributed by atoms with Gasteiger partial charge in [0.1, 0.15) is 11.2 Å². The molecule has 1 aliphatic heterocycles. The summed E-state index contributed by atoms with van der Waals surface area (Å²) in [5.41, 5.74) is 1.26. The van der Waals surface area contributed by atoms with Crippen LogP contribution in [0.5, 0.6) is 0 Å². The first kappa shape index (κ1) is 18.4. The van der Waals surface area contributed by atoms with Gasteiger partial charge in [0.25, 0.3) is 5.91 Å². The van der Waals surface area contributed by atoms with Crippen LogP contribution in [0.3, 0.4) is 0 Å². The van der Waals surface area contributed by atoms with E-state index in [9.17, 15) is 4.79 Å².